The van der Waals surface area contributed by atoms with Crippen LogP contribution in [0.5, 0.6) is 0 Å². The predicted molar refractivity (Wildman–Crippen MR) is 66.9 cm³/mol. The molecule has 1 heterocycles. The third-order valence-electron chi connectivity index (χ3n) is 3.69. The summed E-state index contributed by atoms with van der Waals surface area (Å²) in [7, 11) is 0. The molecule has 1 unspecified atom stereocenters. The molecule has 2 aliphatic rings. The molecule has 0 radical (unpaired) electrons. The molecule has 1 aliphatic carbocycles. The Morgan fingerprint density at radius 2 is 2.11 bits per heavy atom. The molecule has 104 valence electrons. The van der Waals surface area contributed by atoms with Crippen molar-refractivity contribution in [1.29, 1.82) is 0 Å². The minimum absolute atomic E-state index is 0.0246. The normalized spacial score (nSPS) is 35.7. The number of ether oxygens (including phenoxy) is 1. The van der Waals surface area contributed by atoms with E-state index in [9.17, 15) is 9.18 Å². The van der Waals surface area contributed by atoms with Crippen LogP contribution < -0.4 is 5.73 Å². The molecule has 0 spiro atoms. The molecule has 1 amide bonds. The number of carbonyl (C=O) groups is 1. The molecular formula is C13H23FN2O2. The van der Waals surface area contributed by atoms with Crippen LogP contribution in [0, 0.1) is 11.8 Å². The van der Waals surface area contributed by atoms with Gasteiger partial charge in [-0.25, -0.2) is 9.18 Å². The Morgan fingerprint density at radius 1 is 1.44 bits per heavy atom. The van der Waals surface area contributed by atoms with E-state index in [4.69, 9.17) is 10.5 Å². The van der Waals surface area contributed by atoms with Gasteiger partial charge in [-0.2, -0.15) is 0 Å². The highest BCUT2D eigenvalue weighted by Gasteiger charge is 2.50. The first kappa shape index (κ1) is 13.6. The highest BCUT2D eigenvalue weighted by molar-refractivity contribution is 5.69. The van der Waals surface area contributed by atoms with Crippen LogP contribution in [0.25, 0.3) is 0 Å². The zero-order chi connectivity index (χ0) is 13.5. The lowest BCUT2D eigenvalue weighted by molar-refractivity contribution is 0.0199. The molecule has 4 atom stereocenters. The van der Waals surface area contributed by atoms with Crippen LogP contribution in [-0.2, 0) is 4.74 Å². The van der Waals surface area contributed by atoms with Gasteiger partial charge in [-0.15, -0.1) is 0 Å². The molecule has 1 aliphatic heterocycles. The second-order valence-electron chi connectivity index (χ2n) is 6.43. The lowest BCUT2D eigenvalue weighted by atomic mass is 10.1. The number of halogens is 1. The summed E-state index contributed by atoms with van der Waals surface area (Å²) in [5.41, 5.74) is 5.09. The van der Waals surface area contributed by atoms with E-state index < -0.39 is 17.9 Å². The topological polar surface area (TPSA) is 55.6 Å². The van der Waals surface area contributed by atoms with Gasteiger partial charge in [-0.3, -0.25) is 0 Å². The number of rotatable bonds is 2. The van der Waals surface area contributed by atoms with Crippen LogP contribution in [-0.4, -0.2) is 41.9 Å². The first-order valence-electron chi connectivity index (χ1n) is 6.65. The summed E-state index contributed by atoms with van der Waals surface area (Å²) in [5, 5.41) is 0. The standard InChI is InChI=1S/C13H23FN2O2/c1-13(2,3)18-12(17)16-7-9(14)5-11(16)10-4-8(10)6-15/h8-11H,4-7,15H2,1-3H3/t8-,9+,10+,11?/m0/s1. The summed E-state index contributed by atoms with van der Waals surface area (Å²) >= 11 is 0. The first-order valence-corrected chi connectivity index (χ1v) is 6.65. The molecule has 0 bridgehead atoms. The molecule has 2 rings (SSSR count). The number of alkyl halides is 1. The van der Waals surface area contributed by atoms with E-state index in [-0.39, 0.29) is 12.6 Å². The summed E-state index contributed by atoms with van der Waals surface area (Å²) in [6.45, 7) is 6.25. The van der Waals surface area contributed by atoms with E-state index in [0.717, 1.165) is 6.42 Å². The Morgan fingerprint density at radius 3 is 2.61 bits per heavy atom. The van der Waals surface area contributed by atoms with Crippen molar-refractivity contribution in [2.45, 2.75) is 51.4 Å². The average Bonchev–Trinajstić information content (AvgIpc) is 2.91. The third-order valence-corrected chi connectivity index (χ3v) is 3.69. The van der Waals surface area contributed by atoms with Gasteiger partial charge in [0, 0.05) is 12.5 Å². The Balaban J connectivity index is 1.99. The summed E-state index contributed by atoms with van der Waals surface area (Å²) in [5.74, 6) is 0.813. The third kappa shape index (κ3) is 2.94. The molecular weight excluding hydrogens is 235 g/mol. The monoisotopic (exact) mass is 258 g/mol. The van der Waals surface area contributed by atoms with E-state index in [1.54, 1.807) is 4.90 Å². The van der Waals surface area contributed by atoms with Crippen molar-refractivity contribution in [3.63, 3.8) is 0 Å². The molecule has 18 heavy (non-hydrogen) atoms. The van der Waals surface area contributed by atoms with Crippen LogP contribution in [0.3, 0.4) is 0 Å². The molecule has 1 saturated carbocycles. The van der Waals surface area contributed by atoms with Gasteiger partial charge < -0.3 is 15.4 Å². The lowest BCUT2D eigenvalue weighted by Crippen LogP contribution is -2.41. The van der Waals surface area contributed by atoms with Crippen molar-refractivity contribution < 1.29 is 13.9 Å². The SMILES string of the molecule is CC(C)(C)OC(=O)N1C[C@H](F)CC1[C@@H]1C[C@H]1CN. The molecule has 5 heteroatoms. The Kier molecular flexibility index (Phi) is 3.54. The number of hydrogen-bond donors (Lipinski definition) is 1. The maximum atomic E-state index is 13.6. The maximum Gasteiger partial charge on any atom is 0.410 e. The number of likely N-dealkylation sites (tertiary alicyclic amines) is 1. The van der Waals surface area contributed by atoms with Gasteiger partial charge in [0.05, 0.1) is 6.54 Å². The van der Waals surface area contributed by atoms with Crippen molar-refractivity contribution in [3.8, 4) is 0 Å². The van der Waals surface area contributed by atoms with Gasteiger partial charge in [0.1, 0.15) is 11.8 Å². The Bertz CT molecular complexity index is 329. The lowest BCUT2D eigenvalue weighted by Gasteiger charge is -2.28. The number of carbonyl (C=O) groups excluding carboxylic acids is 1. The van der Waals surface area contributed by atoms with Crippen molar-refractivity contribution in [1.82, 2.24) is 4.90 Å². The Hall–Kier alpha value is -0.840. The molecule has 0 aromatic carbocycles. The van der Waals surface area contributed by atoms with Gasteiger partial charge in [0.15, 0.2) is 0 Å². The molecule has 2 N–H and O–H groups in total. The van der Waals surface area contributed by atoms with E-state index in [1.165, 1.54) is 0 Å². The van der Waals surface area contributed by atoms with Gasteiger partial charge in [0.25, 0.3) is 0 Å². The summed E-state index contributed by atoms with van der Waals surface area (Å²) in [6, 6.07) is -0.0246. The van der Waals surface area contributed by atoms with Crippen molar-refractivity contribution in [2.75, 3.05) is 13.1 Å². The summed E-state index contributed by atoms with van der Waals surface area (Å²) in [6.07, 6.45) is 0.116. The number of hydrogen-bond acceptors (Lipinski definition) is 3. The van der Waals surface area contributed by atoms with E-state index in [2.05, 4.69) is 0 Å². The average molecular weight is 258 g/mol. The second-order valence-corrected chi connectivity index (χ2v) is 6.43. The smallest absolute Gasteiger partial charge is 0.410 e. The number of amides is 1. The zero-order valence-electron chi connectivity index (χ0n) is 11.4. The van der Waals surface area contributed by atoms with Crippen LogP contribution >= 0.6 is 0 Å². The quantitative estimate of drug-likeness (QED) is 0.823. The van der Waals surface area contributed by atoms with Crippen LogP contribution in [0.1, 0.15) is 33.6 Å². The van der Waals surface area contributed by atoms with Crippen molar-refractivity contribution in [3.05, 3.63) is 0 Å². The highest BCUT2D eigenvalue weighted by Crippen LogP contribution is 2.46. The fourth-order valence-electron chi connectivity index (χ4n) is 2.76. The van der Waals surface area contributed by atoms with E-state index >= 15 is 0 Å². The summed E-state index contributed by atoms with van der Waals surface area (Å²) < 4.78 is 18.9. The predicted octanol–water partition coefficient (Wildman–Crippen LogP) is 1.93. The minimum atomic E-state index is -0.929. The zero-order valence-corrected chi connectivity index (χ0v) is 11.4. The number of nitrogens with zero attached hydrogens (tertiary/aromatic N) is 1. The van der Waals surface area contributed by atoms with Crippen molar-refractivity contribution in [2.24, 2.45) is 17.6 Å². The molecule has 4 nitrogen and oxygen atoms in total. The van der Waals surface area contributed by atoms with Gasteiger partial charge in [0.2, 0.25) is 0 Å². The fourth-order valence-corrected chi connectivity index (χ4v) is 2.76. The maximum absolute atomic E-state index is 13.6. The Labute approximate surface area is 108 Å². The fraction of sp³-hybridized carbons (Fsp3) is 0.923. The molecule has 2 fully saturated rings. The van der Waals surface area contributed by atoms with Crippen LogP contribution in [0.15, 0.2) is 0 Å². The van der Waals surface area contributed by atoms with Crippen LogP contribution in [0.4, 0.5) is 9.18 Å². The largest absolute Gasteiger partial charge is 0.444 e. The summed E-state index contributed by atoms with van der Waals surface area (Å²) in [4.78, 5) is 13.6. The van der Waals surface area contributed by atoms with Gasteiger partial charge in [-0.1, -0.05) is 0 Å². The highest BCUT2D eigenvalue weighted by atomic mass is 19.1. The number of nitrogens with two attached hydrogens (primary N) is 1. The van der Waals surface area contributed by atoms with E-state index in [0.29, 0.717) is 24.8 Å². The minimum Gasteiger partial charge on any atom is -0.444 e. The van der Waals surface area contributed by atoms with Gasteiger partial charge in [-0.05, 0) is 45.6 Å². The molecule has 0 aromatic heterocycles. The molecule has 0 aromatic rings. The second kappa shape index (κ2) is 4.68. The first-order chi connectivity index (χ1) is 8.31. The van der Waals surface area contributed by atoms with Crippen LogP contribution in [0.2, 0.25) is 0 Å². The van der Waals surface area contributed by atoms with Gasteiger partial charge >= 0.3 is 6.09 Å². The molecule has 1 saturated heterocycles. The van der Waals surface area contributed by atoms with E-state index in [1.807, 2.05) is 20.8 Å². The van der Waals surface area contributed by atoms with Crippen molar-refractivity contribution >= 4 is 6.09 Å².